The predicted octanol–water partition coefficient (Wildman–Crippen LogP) is 5.27. The van der Waals surface area contributed by atoms with E-state index >= 15 is 0 Å². The largest absolute Gasteiger partial charge is 0.481 e. The second kappa shape index (κ2) is 12.2. The Kier molecular flexibility index (Phi) is 9.24. The fourth-order valence-electron chi connectivity index (χ4n) is 6.25. The number of benzene rings is 1. The van der Waals surface area contributed by atoms with Gasteiger partial charge < -0.3 is 10.4 Å². The van der Waals surface area contributed by atoms with Crippen molar-refractivity contribution in [3.63, 3.8) is 0 Å². The van der Waals surface area contributed by atoms with Crippen LogP contribution in [0.4, 0.5) is 8.78 Å². The third-order valence-corrected chi connectivity index (χ3v) is 8.76. The molecule has 1 aromatic rings. The number of rotatable bonds is 9. The van der Waals surface area contributed by atoms with Gasteiger partial charge in [0.25, 0.3) is 6.43 Å². The summed E-state index contributed by atoms with van der Waals surface area (Å²) in [6.45, 7) is 5.45. The normalized spacial score (nSPS) is 25.9. The molecule has 2 heterocycles. The molecule has 4 rings (SSSR count). The number of nitrogens with zero attached hydrogens (tertiary/aromatic N) is 2. The number of hydrogen-bond acceptors (Lipinski definition) is 4. The molecule has 2 N–H and O–H groups in total. The van der Waals surface area contributed by atoms with Crippen molar-refractivity contribution in [1.29, 1.82) is 0 Å². The minimum atomic E-state index is -2.67. The number of aliphatic carboxylic acids is 1. The van der Waals surface area contributed by atoms with Gasteiger partial charge in [-0.25, -0.2) is 8.78 Å². The maximum absolute atomic E-state index is 13.7. The first kappa shape index (κ1) is 28.0. The van der Waals surface area contributed by atoms with Crippen LogP contribution in [0.5, 0.6) is 0 Å². The van der Waals surface area contributed by atoms with E-state index in [-0.39, 0.29) is 48.0 Å². The summed E-state index contributed by atoms with van der Waals surface area (Å²) in [7, 11) is 0. The van der Waals surface area contributed by atoms with Crippen molar-refractivity contribution in [2.45, 2.75) is 70.9 Å². The lowest BCUT2D eigenvalue weighted by molar-refractivity contribution is -0.147. The van der Waals surface area contributed by atoms with E-state index in [0.717, 1.165) is 32.5 Å². The van der Waals surface area contributed by atoms with Crippen molar-refractivity contribution in [2.75, 3.05) is 32.7 Å². The number of allylic oxidation sites excluding steroid dienone is 1. The minimum Gasteiger partial charge on any atom is -0.481 e. The first-order chi connectivity index (χ1) is 17.7. The maximum Gasteiger partial charge on any atom is 0.304 e. The summed E-state index contributed by atoms with van der Waals surface area (Å²) in [5.74, 6) is -1.53. The van der Waals surface area contributed by atoms with Gasteiger partial charge >= 0.3 is 5.97 Å². The summed E-state index contributed by atoms with van der Waals surface area (Å²) >= 11 is 6.27. The topological polar surface area (TPSA) is 72.9 Å². The number of halogens is 3. The van der Waals surface area contributed by atoms with Crippen LogP contribution in [0.3, 0.4) is 0 Å². The van der Waals surface area contributed by atoms with Gasteiger partial charge in [-0.1, -0.05) is 42.3 Å². The summed E-state index contributed by atoms with van der Waals surface area (Å²) in [6.07, 6.45) is 5.95. The molecule has 204 valence electrons. The van der Waals surface area contributed by atoms with Gasteiger partial charge in [0.2, 0.25) is 5.91 Å². The van der Waals surface area contributed by atoms with Gasteiger partial charge in [-0.2, -0.15) is 0 Å². The van der Waals surface area contributed by atoms with Crippen LogP contribution in [-0.2, 0) is 16.1 Å². The Balaban J connectivity index is 1.40. The Labute approximate surface area is 223 Å². The van der Waals surface area contributed by atoms with Gasteiger partial charge in [-0.3, -0.25) is 19.4 Å². The van der Waals surface area contributed by atoms with Crippen LogP contribution in [0.15, 0.2) is 29.8 Å². The highest BCUT2D eigenvalue weighted by Gasteiger charge is 2.51. The van der Waals surface area contributed by atoms with E-state index in [1.54, 1.807) is 6.07 Å². The Hall–Kier alpha value is -2.03. The van der Waals surface area contributed by atoms with Gasteiger partial charge in [-0.05, 0) is 56.1 Å². The van der Waals surface area contributed by atoms with Crippen LogP contribution < -0.4 is 5.32 Å². The molecule has 2 unspecified atom stereocenters. The molecule has 2 aliphatic heterocycles. The average molecular weight is 538 g/mol. The smallest absolute Gasteiger partial charge is 0.304 e. The van der Waals surface area contributed by atoms with Crippen LogP contribution in [0.1, 0.15) is 69.4 Å². The fourth-order valence-corrected chi connectivity index (χ4v) is 6.49. The Morgan fingerprint density at radius 2 is 1.95 bits per heavy atom. The molecule has 0 radical (unpaired) electrons. The molecule has 0 bridgehead atoms. The second-order valence-electron chi connectivity index (χ2n) is 11.0. The maximum atomic E-state index is 13.7. The number of carboxylic acid groups (broad SMARTS) is 1. The van der Waals surface area contributed by atoms with E-state index in [1.165, 1.54) is 43.4 Å². The van der Waals surface area contributed by atoms with Crippen LogP contribution >= 0.6 is 11.6 Å². The molecule has 1 amide bonds. The third-order valence-electron chi connectivity index (χ3n) is 8.41. The van der Waals surface area contributed by atoms with E-state index in [1.807, 2.05) is 11.8 Å². The third kappa shape index (κ3) is 6.70. The molecule has 0 spiro atoms. The summed E-state index contributed by atoms with van der Waals surface area (Å²) in [6, 6.07) is 4.45. The van der Waals surface area contributed by atoms with Crippen LogP contribution in [0, 0.1) is 11.3 Å². The molecule has 1 aromatic carbocycles. The molecule has 9 heteroatoms. The number of amides is 1. The van der Waals surface area contributed by atoms with Crippen LogP contribution in [0.25, 0.3) is 0 Å². The lowest BCUT2D eigenvalue weighted by Gasteiger charge is -2.36. The van der Waals surface area contributed by atoms with Crippen molar-refractivity contribution in [3.8, 4) is 0 Å². The van der Waals surface area contributed by atoms with E-state index in [4.69, 9.17) is 11.6 Å². The number of carbonyl (C=O) groups excluding carboxylic acids is 1. The van der Waals surface area contributed by atoms with Gasteiger partial charge in [0.05, 0.1) is 11.8 Å². The highest BCUT2D eigenvalue weighted by molar-refractivity contribution is 6.31. The second-order valence-corrected chi connectivity index (χ2v) is 11.4. The highest BCUT2D eigenvalue weighted by atomic mass is 35.5. The molecular weight excluding hydrogens is 500 g/mol. The molecule has 6 nitrogen and oxygen atoms in total. The van der Waals surface area contributed by atoms with Gasteiger partial charge in [-0.15, -0.1) is 0 Å². The lowest BCUT2D eigenvalue weighted by atomic mass is 9.75. The number of alkyl halides is 2. The molecule has 0 aromatic heterocycles. The zero-order valence-corrected chi connectivity index (χ0v) is 22.3. The summed E-state index contributed by atoms with van der Waals surface area (Å²) in [5, 5.41) is 13.1. The SMILES string of the molecule is CC1CN(Cc2c(Cl)cccc2C(F)F)CC1(CC(=O)O)C(=O)NC1CCN(CC2=CCCCC2)CC1. The Morgan fingerprint density at radius 3 is 2.59 bits per heavy atom. The van der Waals surface area contributed by atoms with E-state index in [9.17, 15) is 23.5 Å². The van der Waals surface area contributed by atoms with Gasteiger partial charge in [0, 0.05) is 55.9 Å². The van der Waals surface area contributed by atoms with E-state index in [2.05, 4.69) is 16.3 Å². The molecule has 0 saturated carbocycles. The number of likely N-dealkylation sites (tertiary alicyclic amines) is 2. The molecule has 2 fully saturated rings. The molecular formula is C28H38ClF2N3O3. The first-order valence-electron chi connectivity index (χ1n) is 13.4. The molecule has 3 aliphatic rings. The number of nitrogens with one attached hydrogen (secondary N) is 1. The predicted molar refractivity (Wildman–Crippen MR) is 140 cm³/mol. The Bertz CT molecular complexity index is 1010. The van der Waals surface area contributed by atoms with Crippen molar-refractivity contribution >= 4 is 23.5 Å². The van der Waals surface area contributed by atoms with Crippen molar-refractivity contribution < 1.29 is 23.5 Å². The zero-order valence-electron chi connectivity index (χ0n) is 21.5. The standard InChI is InChI=1S/C28H38ClF2N3O3/c1-19-15-34(17-23-22(26(30)31)8-5-9-24(23)29)18-28(19,14-25(35)36)27(37)32-21-10-12-33(13-11-21)16-20-6-3-2-4-7-20/h5-6,8-9,19,21,26H,2-4,7,10-18H2,1H3,(H,32,37)(H,35,36). The van der Waals surface area contributed by atoms with Crippen molar-refractivity contribution in [3.05, 3.63) is 46.0 Å². The van der Waals surface area contributed by atoms with Crippen LogP contribution in [0.2, 0.25) is 5.02 Å². The van der Waals surface area contributed by atoms with Crippen molar-refractivity contribution in [1.82, 2.24) is 15.1 Å². The van der Waals surface area contributed by atoms with Gasteiger partial charge in [0.15, 0.2) is 0 Å². The van der Waals surface area contributed by atoms with E-state index < -0.39 is 17.8 Å². The minimum absolute atomic E-state index is 0.00464. The molecule has 2 atom stereocenters. The summed E-state index contributed by atoms with van der Waals surface area (Å²) < 4.78 is 27.2. The summed E-state index contributed by atoms with van der Waals surface area (Å²) in [4.78, 5) is 29.8. The quantitative estimate of drug-likeness (QED) is 0.420. The fraction of sp³-hybridized carbons (Fsp3) is 0.643. The summed E-state index contributed by atoms with van der Waals surface area (Å²) in [5.41, 5.74) is 0.597. The van der Waals surface area contributed by atoms with E-state index in [0.29, 0.717) is 12.1 Å². The van der Waals surface area contributed by atoms with Crippen molar-refractivity contribution in [2.24, 2.45) is 11.3 Å². The molecule has 2 saturated heterocycles. The Morgan fingerprint density at radius 1 is 1.19 bits per heavy atom. The molecule has 37 heavy (non-hydrogen) atoms. The first-order valence-corrected chi connectivity index (χ1v) is 13.8. The number of hydrogen-bond donors (Lipinski definition) is 2. The average Bonchev–Trinajstić information content (AvgIpc) is 3.17. The lowest BCUT2D eigenvalue weighted by Crippen LogP contribution is -2.53. The monoisotopic (exact) mass is 537 g/mol. The molecule has 1 aliphatic carbocycles. The zero-order chi connectivity index (χ0) is 26.6. The van der Waals surface area contributed by atoms with Gasteiger partial charge in [0.1, 0.15) is 0 Å². The number of carboxylic acids is 1. The highest BCUT2D eigenvalue weighted by Crippen LogP contribution is 2.41. The number of piperidine rings is 1. The number of carbonyl (C=O) groups is 2. The van der Waals surface area contributed by atoms with Crippen LogP contribution in [-0.4, -0.2) is 65.5 Å².